The van der Waals surface area contributed by atoms with Gasteiger partial charge in [-0.1, -0.05) is 18.2 Å². The summed E-state index contributed by atoms with van der Waals surface area (Å²) in [6.45, 7) is 4.58. The highest BCUT2D eigenvalue weighted by Crippen LogP contribution is 2.11. The first-order valence-corrected chi connectivity index (χ1v) is 6.91. The molecular weight excluding hydrogens is 270 g/mol. The SMILES string of the molecule is C=CCOCCCC(=O)Nc1ccc(CCC(=O)O)cc1. The molecule has 2 N–H and O–H groups in total. The molecule has 0 aliphatic carbocycles. The first-order chi connectivity index (χ1) is 10.1. The number of hydrogen-bond acceptors (Lipinski definition) is 3. The molecular formula is C16H21NO4. The van der Waals surface area contributed by atoms with Gasteiger partial charge in [0.1, 0.15) is 0 Å². The Kier molecular flexibility index (Phi) is 7.82. The molecule has 1 aromatic rings. The van der Waals surface area contributed by atoms with Crippen molar-refractivity contribution in [2.75, 3.05) is 18.5 Å². The molecule has 0 saturated heterocycles. The zero-order chi connectivity index (χ0) is 15.5. The number of amides is 1. The summed E-state index contributed by atoms with van der Waals surface area (Å²) in [5.74, 6) is -0.874. The third-order valence-electron chi connectivity index (χ3n) is 2.79. The highest BCUT2D eigenvalue weighted by Gasteiger charge is 2.03. The van der Waals surface area contributed by atoms with Crippen LogP contribution in [0.5, 0.6) is 0 Å². The summed E-state index contributed by atoms with van der Waals surface area (Å²) in [5.41, 5.74) is 1.65. The van der Waals surface area contributed by atoms with Gasteiger partial charge >= 0.3 is 5.97 Å². The van der Waals surface area contributed by atoms with E-state index < -0.39 is 5.97 Å². The van der Waals surface area contributed by atoms with E-state index in [2.05, 4.69) is 11.9 Å². The van der Waals surface area contributed by atoms with Crippen LogP contribution in [-0.2, 0) is 20.7 Å². The van der Waals surface area contributed by atoms with Crippen LogP contribution in [0.25, 0.3) is 0 Å². The Morgan fingerprint density at radius 1 is 1.24 bits per heavy atom. The number of carboxylic acids is 1. The Hall–Kier alpha value is -2.14. The summed E-state index contributed by atoms with van der Waals surface area (Å²) in [4.78, 5) is 22.2. The van der Waals surface area contributed by atoms with Crippen LogP contribution < -0.4 is 5.32 Å². The van der Waals surface area contributed by atoms with Crippen molar-refractivity contribution in [1.29, 1.82) is 0 Å². The van der Waals surface area contributed by atoms with Gasteiger partial charge in [-0.3, -0.25) is 9.59 Å². The molecule has 1 aromatic carbocycles. The molecule has 5 heteroatoms. The minimum Gasteiger partial charge on any atom is -0.481 e. The van der Waals surface area contributed by atoms with E-state index in [1.807, 2.05) is 12.1 Å². The number of nitrogens with one attached hydrogen (secondary N) is 1. The molecule has 0 bridgehead atoms. The van der Waals surface area contributed by atoms with Crippen molar-refractivity contribution in [3.63, 3.8) is 0 Å². The number of rotatable bonds is 10. The normalized spacial score (nSPS) is 10.1. The van der Waals surface area contributed by atoms with Crippen LogP contribution >= 0.6 is 0 Å². The van der Waals surface area contributed by atoms with E-state index in [0.29, 0.717) is 38.2 Å². The zero-order valence-corrected chi connectivity index (χ0v) is 12.0. The first-order valence-electron chi connectivity index (χ1n) is 6.91. The highest BCUT2D eigenvalue weighted by molar-refractivity contribution is 5.90. The molecule has 0 atom stereocenters. The molecule has 1 amide bonds. The molecule has 0 fully saturated rings. The second kappa shape index (κ2) is 9.72. The van der Waals surface area contributed by atoms with E-state index in [9.17, 15) is 9.59 Å². The number of carboxylic acid groups (broad SMARTS) is 1. The number of ether oxygens (including phenoxy) is 1. The molecule has 114 valence electrons. The fraction of sp³-hybridized carbons (Fsp3) is 0.375. The monoisotopic (exact) mass is 291 g/mol. The van der Waals surface area contributed by atoms with E-state index in [4.69, 9.17) is 9.84 Å². The topological polar surface area (TPSA) is 75.6 Å². The molecule has 5 nitrogen and oxygen atoms in total. The molecule has 0 aromatic heterocycles. The lowest BCUT2D eigenvalue weighted by Gasteiger charge is -2.06. The summed E-state index contributed by atoms with van der Waals surface area (Å²) < 4.78 is 5.20. The average Bonchev–Trinajstić information content (AvgIpc) is 2.46. The number of carbonyl (C=O) groups excluding carboxylic acids is 1. The van der Waals surface area contributed by atoms with Crippen LogP contribution in [0.2, 0.25) is 0 Å². The number of carbonyl (C=O) groups is 2. The average molecular weight is 291 g/mol. The summed E-state index contributed by atoms with van der Waals surface area (Å²) in [6.07, 6.45) is 3.33. The van der Waals surface area contributed by atoms with Crippen LogP contribution in [0.4, 0.5) is 5.69 Å². The fourth-order valence-corrected chi connectivity index (χ4v) is 1.73. The Bertz CT molecular complexity index is 468. The second-order valence-electron chi connectivity index (χ2n) is 4.61. The van der Waals surface area contributed by atoms with Gasteiger partial charge in [0.2, 0.25) is 5.91 Å². The van der Waals surface area contributed by atoms with Gasteiger partial charge < -0.3 is 15.2 Å². The maximum Gasteiger partial charge on any atom is 0.303 e. The van der Waals surface area contributed by atoms with E-state index in [-0.39, 0.29) is 12.3 Å². The van der Waals surface area contributed by atoms with Crippen LogP contribution in [0, 0.1) is 0 Å². The predicted octanol–water partition coefficient (Wildman–Crippen LogP) is 2.63. The van der Waals surface area contributed by atoms with Gasteiger partial charge in [-0.2, -0.15) is 0 Å². The van der Waals surface area contributed by atoms with Crippen LogP contribution in [0.3, 0.4) is 0 Å². The zero-order valence-electron chi connectivity index (χ0n) is 12.0. The van der Waals surface area contributed by atoms with Crippen LogP contribution in [-0.4, -0.2) is 30.2 Å². The molecule has 21 heavy (non-hydrogen) atoms. The highest BCUT2D eigenvalue weighted by atomic mass is 16.5. The van der Waals surface area contributed by atoms with Crippen LogP contribution in [0.1, 0.15) is 24.8 Å². The Labute approximate surface area is 124 Å². The Morgan fingerprint density at radius 3 is 2.57 bits per heavy atom. The lowest BCUT2D eigenvalue weighted by atomic mass is 10.1. The second-order valence-corrected chi connectivity index (χ2v) is 4.61. The van der Waals surface area contributed by atoms with Crippen molar-refractivity contribution in [3.8, 4) is 0 Å². The summed E-state index contributed by atoms with van der Waals surface area (Å²) >= 11 is 0. The number of anilines is 1. The quantitative estimate of drug-likeness (QED) is 0.513. The van der Waals surface area contributed by atoms with Gasteiger partial charge in [0, 0.05) is 25.1 Å². The predicted molar refractivity (Wildman–Crippen MR) is 81.3 cm³/mol. The van der Waals surface area contributed by atoms with Crippen LogP contribution in [0.15, 0.2) is 36.9 Å². The lowest BCUT2D eigenvalue weighted by molar-refractivity contribution is -0.137. The summed E-state index contributed by atoms with van der Waals surface area (Å²) in [7, 11) is 0. The maximum atomic E-state index is 11.7. The molecule has 0 heterocycles. The van der Waals surface area contributed by atoms with Gasteiger partial charge in [-0.15, -0.1) is 6.58 Å². The van der Waals surface area contributed by atoms with E-state index in [1.54, 1.807) is 18.2 Å². The number of aliphatic carboxylic acids is 1. The van der Waals surface area contributed by atoms with Gasteiger partial charge in [0.05, 0.1) is 6.61 Å². The third-order valence-corrected chi connectivity index (χ3v) is 2.79. The minimum absolute atomic E-state index is 0.0597. The lowest BCUT2D eigenvalue weighted by Crippen LogP contribution is -2.12. The molecule has 0 aliphatic heterocycles. The number of hydrogen-bond donors (Lipinski definition) is 2. The van der Waals surface area contributed by atoms with Crippen molar-refractivity contribution in [3.05, 3.63) is 42.5 Å². The Morgan fingerprint density at radius 2 is 1.95 bits per heavy atom. The van der Waals surface area contributed by atoms with Crippen molar-refractivity contribution >= 4 is 17.6 Å². The third kappa shape index (κ3) is 7.89. The molecule has 0 spiro atoms. The number of aryl methyl sites for hydroxylation is 1. The van der Waals surface area contributed by atoms with Gasteiger partial charge in [0.15, 0.2) is 0 Å². The molecule has 0 unspecified atom stereocenters. The van der Waals surface area contributed by atoms with E-state index >= 15 is 0 Å². The maximum absolute atomic E-state index is 11.7. The largest absolute Gasteiger partial charge is 0.481 e. The van der Waals surface area contributed by atoms with Crippen molar-refractivity contribution in [2.24, 2.45) is 0 Å². The van der Waals surface area contributed by atoms with E-state index in [1.165, 1.54) is 0 Å². The standard InChI is InChI=1S/C16H21NO4/c1-2-11-21-12-3-4-15(18)17-14-8-5-13(6-9-14)7-10-16(19)20/h2,5-6,8-9H,1,3-4,7,10-12H2,(H,17,18)(H,19,20). The van der Waals surface area contributed by atoms with E-state index in [0.717, 1.165) is 5.56 Å². The minimum atomic E-state index is -0.814. The molecule has 0 aliphatic rings. The smallest absolute Gasteiger partial charge is 0.303 e. The number of benzene rings is 1. The van der Waals surface area contributed by atoms with Crippen molar-refractivity contribution in [2.45, 2.75) is 25.7 Å². The first kappa shape index (κ1) is 16.9. The van der Waals surface area contributed by atoms with Crippen molar-refractivity contribution in [1.82, 2.24) is 0 Å². The molecule has 0 saturated carbocycles. The van der Waals surface area contributed by atoms with Gasteiger partial charge in [-0.25, -0.2) is 0 Å². The van der Waals surface area contributed by atoms with Crippen molar-refractivity contribution < 1.29 is 19.4 Å². The van der Waals surface area contributed by atoms with Gasteiger partial charge in [-0.05, 0) is 30.5 Å². The summed E-state index contributed by atoms with van der Waals surface area (Å²) in [5, 5.41) is 11.4. The molecule has 0 radical (unpaired) electrons. The fourth-order valence-electron chi connectivity index (χ4n) is 1.73. The summed E-state index contributed by atoms with van der Waals surface area (Å²) in [6, 6.07) is 7.21. The van der Waals surface area contributed by atoms with Gasteiger partial charge in [0.25, 0.3) is 0 Å². The Balaban J connectivity index is 2.29. The molecule has 1 rings (SSSR count).